The normalized spacial score (nSPS) is 30.8. The lowest BCUT2D eigenvalue weighted by Gasteiger charge is -2.57. The average molecular weight is 476 g/mol. The summed E-state index contributed by atoms with van der Waals surface area (Å²) in [6.07, 6.45) is 14.6. The molecular weight excluding hydrogens is 442 g/mol. The number of nitrogens with zero attached hydrogens (tertiary/aromatic N) is 6. The van der Waals surface area contributed by atoms with Gasteiger partial charge in [-0.2, -0.15) is 0 Å². The third-order valence-electron chi connectivity index (χ3n) is 9.01. The van der Waals surface area contributed by atoms with Crippen molar-refractivity contribution in [3.63, 3.8) is 0 Å². The number of fused-ring (bicyclic) bond motifs is 1. The van der Waals surface area contributed by atoms with Crippen LogP contribution < -0.4 is 5.32 Å². The van der Waals surface area contributed by atoms with Gasteiger partial charge < -0.3 is 14.8 Å². The Hall–Kier alpha value is -2.48. The molecule has 5 aliphatic rings. The third kappa shape index (κ3) is 3.61. The molecule has 0 spiro atoms. The van der Waals surface area contributed by atoms with Crippen LogP contribution in [0, 0.1) is 17.8 Å². The Labute approximate surface area is 205 Å². The summed E-state index contributed by atoms with van der Waals surface area (Å²) in [7, 11) is 0. The van der Waals surface area contributed by atoms with E-state index in [2.05, 4.69) is 37.4 Å². The molecule has 0 unspecified atom stereocenters. The molecule has 8 rings (SSSR count). The monoisotopic (exact) mass is 475 g/mol. The van der Waals surface area contributed by atoms with Crippen molar-refractivity contribution in [1.29, 1.82) is 0 Å². The van der Waals surface area contributed by atoms with Gasteiger partial charge in [-0.15, -0.1) is 5.10 Å². The van der Waals surface area contributed by atoms with Crippen molar-refractivity contribution in [2.75, 3.05) is 13.1 Å². The first kappa shape index (κ1) is 20.9. The van der Waals surface area contributed by atoms with Crippen molar-refractivity contribution < 1.29 is 0 Å². The van der Waals surface area contributed by atoms with Crippen molar-refractivity contribution in [2.24, 2.45) is 17.8 Å². The van der Waals surface area contributed by atoms with Crippen LogP contribution in [0.3, 0.4) is 0 Å². The summed E-state index contributed by atoms with van der Waals surface area (Å²) < 4.78 is 4.19. The number of rotatable bonds is 4. The highest BCUT2D eigenvalue weighted by atomic mass is 32.1. The molecule has 1 aliphatic heterocycles. The Balaban J connectivity index is 0.999. The van der Waals surface area contributed by atoms with Crippen molar-refractivity contribution in [1.82, 2.24) is 34.8 Å². The zero-order chi connectivity index (χ0) is 22.7. The fourth-order valence-electron chi connectivity index (χ4n) is 7.88. The van der Waals surface area contributed by atoms with E-state index in [-0.39, 0.29) is 0 Å². The lowest BCUT2D eigenvalue weighted by Crippen LogP contribution is -2.62. The van der Waals surface area contributed by atoms with Crippen LogP contribution in [0.2, 0.25) is 0 Å². The molecule has 5 fully saturated rings. The van der Waals surface area contributed by atoms with Gasteiger partial charge in [0.25, 0.3) is 0 Å². The van der Waals surface area contributed by atoms with Crippen molar-refractivity contribution >= 4 is 28.4 Å². The maximum absolute atomic E-state index is 5.97. The average Bonchev–Trinajstić information content (AvgIpc) is 3.46. The van der Waals surface area contributed by atoms with Gasteiger partial charge in [0.05, 0.1) is 5.52 Å². The Morgan fingerprint density at radius 2 is 1.74 bits per heavy atom. The summed E-state index contributed by atoms with van der Waals surface area (Å²) in [5.74, 6) is 4.41. The van der Waals surface area contributed by atoms with E-state index < -0.39 is 0 Å². The minimum atomic E-state index is 0.291. The standard InChI is InChI=1S/C26H33N7S/c34-25(28-26-14-18-11-19(15-26)13-20(12-18)16-26)31-8-5-21(6-9-31)24-27-7-10-32(24)17-33-23-4-2-1-3-22(23)29-30-33/h1-4,7,10,18-21H,5-6,8-9,11-17H2,(H,28,34). The summed E-state index contributed by atoms with van der Waals surface area (Å²) >= 11 is 5.97. The quantitative estimate of drug-likeness (QED) is 0.572. The Morgan fingerprint density at radius 3 is 2.47 bits per heavy atom. The number of aromatic nitrogens is 5. The van der Waals surface area contributed by atoms with Crippen LogP contribution in [0.4, 0.5) is 0 Å². The summed E-state index contributed by atoms with van der Waals surface area (Å²) in [5, 5.41) is 13.6. The van der Waals surface area contributed by atoms with Gasteiger partial charge in [-0.05, 0) is 93.5 Å². The molecule has 4 saturated carbocycles. The number of likely N-dealkylation sites (tertiary alicyclic amines) is 1. The molecule has 8 heteroatoms. The highest BCUT2D eigenvalue weighted by molar-refractivity contribution is 7.80. The van der Waals surface area contributed by atoms with Crippen molar-refractivity contribution in [3.05, 3.63) is 42.5 Å². The van der Waals surface area contributed by atoms with E-state index in [1.54, 1.807) is 0 Å². The SMILES string of the molecule is S=C(NC12CC3CC(CC(C3)C1)C2)N1CCC(c2nccn2Cn2nnc3ccccc32)CC1. The van der Waals surface area contributed by atoms with Crippen LogP contribution in [0.5, 0.6) is 0 Å². The van der Waals surface area contributed by atoms with E-state index in [4.69, 9.17) is 17.2 Å². The van der Waals surface area contributed by atoms with Gasteiger partial charge in [-0.3, -0.25) is 0 Å². The summed E-state index contributed by atoms with van der Waals surface area (Å²) in [6, 6.07) is 8.11. The lowest BCUT2D eigenvalue weighted by atomic mass is 9.53. The van der Waals surface area contributed by atoms with Gasteiger partial charge >= 0.3 is 0 Å². The van der Waals surface area contributed by atoms with Crippen LogP contribution >= 0.6 is 12.2 Å². The van der Waals surface area contributed by atoms with Crippen LogP contribution in [-0.2, 0) is 6.67 Å². The fourth-order valence-corrected chi connectivity index (χ4v) is 8.28. The minimum absolute atomic E-state index is 0.291. The number of hydrogen-bond donors (Lipinski definition) is 1. The molecule has 0 atom stereocenters. The Bertz CT molecular complexity index is 1170. The highest BCUT2D eigenvalue weighted by Crippen LogP contribution is 2.55. The zero-order valence-electron chi connectivity index (χ0n) is 19.6. The van der Waals surface area contributed by atoms with Crippen molar-refractivity contribution in [2.45, 2.75) is 69.5 Å². The van der Waals surface area contributed by atoms with Gasteiger partial charge in [0.1, 0.15) is 18.0 Å². The van der Waals surface area contributed by atoms with Crippen LogP contribution in [0.1, 0.15) is 63.1 Å². The fraction of sp³-hybridized carbons (Fsp3) is 0.615. The maximum Gasteiger partial charge on any atom is 0.169 e. The van der Waals surface area contributed by atoms with Gasteiger partial charge in [0.2, 0.25) is 0 Å². The lowest BCUT2D eigenvalue weighted by molar-refractivity contribution is -0.0113. The molecule has 3 heterocycles. The Kier molecular flexibility index (Phi) is 4.93. The largest absolute Gasteiger partial charge is 0.357 e. The number of hydrogen-bond acceptors (Lipinski definition) is 4. The first-order chi connectivity index (χ1) is 16.6. The molecule has 0 amide bonds. The number of benzene rings is 1. The molecule has 178 valence electrons. The number of para-hydroxylation sites is 1. The van der Waals surface area contributed by atoms with Gasteiger partial charge in [-0.1, -0.05) is 17.3 Å². The smallest absolute Gasteiger partial charge is 0.169 e. The van der Waals surface area contributed by atoms with Gasteiger partial charge in [0, 0.05) is 36.9 Å². The molecule has 1 saturated heterocycles. The van der Waals surface area contributed by atoms with E-state index in [0.717, 1.165) is 65.7 Å². The molecule has 0 radical (unpaired) electrons. The number of nitrogens with one attached hydrogen (secondary N) is 1. The predicted octanol–water partition coefficient (Wildman–Crippen LogP) is 4.16. The zero-order valence-corrected chi connectivity index (χ0v) is 20.5. The first-order valence-corrected chi connectivity index (χ1v) is 13.4. The molecule has 34 heavy (non-hydrogen) atoms. The van der Waals surface area contributed by atoms with E-state index in [9.17, 15) is 0 Å². The summed E-state index contributed by atoms with van der Waals surface area (Å²) in [6.45, 7) is 2.64. The van der Waals surface area contributed by atoms with Crippen LogP contribution in [-0.4, -0.2) is 53.2 Å². The second-order valence-corrected chi connectivity index (χ2v) is 11.8. The number of imidazole rings is 1. The number of piperidine rings is 1. The topological polar surface area (TPSA) is 63.8 Å². The molecule has 4 bridgehead atoms. The number of thiocarbonyl (C=S) groups is 1. The molecule has 1 aromatic carbocycles. The maximum atomic E-state index is 5.97. The summed E-state index contributed by atoms with van der Waals surface area (Å²) in [4.78, 5) is 7.17. The van der Waals surface area contributed by atoms with E-state index in [0.29, 0.717) is 18.1 Å². The summed E-state index contributed by atoms with van der Waals surface area (Å²) in [5.41, 5.74) is 2.27. The second-order valence-electron chi connectivity index (χ2n) is 11.4. The van der Waals surface area contributed by atoms with Gasteiger partial charge in [-0.25, -0.2) is 9.67 Å². The van der Waals surface area contributed by atoms with E-state index in [1.807, 2.05) is 29.1 Å². The van der Waals surface area contributed by atoms with E-state index >= 15 is 0 Å². The molecular formula is C26H33N7S. The van der Waals surface area contributed by atoms with Crippen molar-refractivity contribution in [3.8, 4) is 0 Å². The van der Waals surface area contributed by atoms with E-state index in [1.165, 1.54) is 38.5 Å². The molecule has 3 aromatic rings. The Morgan fingerprint density at radius 1 is 1.03 bits per heavy atom. The second kappa shape index (κ2) is 8.04. The predicted molar refractivity (Wildman–Crippen MR) is 135 cm³/mol. The molecule has 4 aliphatic carbocycles. The minimum Gasteiger partial charge on any atom is -0.357 e. The first-order valence-electron chi connectivity index (χ1n) is 13.0. The highest BCUT2D eigenvalue weighted by Gasteiger charge is 2.51. The molecule has 7 nitrogen and oxygen atoms in total. The molecule has 2 aromatic heterocycles. The van der Waals surface area contributed by atoms with Gasteiger partial charge in [0.15, 0.2) is 5.11 Å². The third-order valence-corrected chi connectivity index (χ3v) is 9.37. The molecule has 1 N–H and O–H groups in total. The van der Waals surface area contributed by atoms with Crippen LogP contribution in [0.15, 0.2) is 36.7 Å². The van der Waals surface area contributed by atoms with Crippen LogP contribution in [0.25, 0.3) is 11.0 Å².